The maximum Gasteiger partial charge on any atom is 0.246 e. The lowest BCUT2D eigenvalue weighted by atomic mass is 10.1. The molecule has 1 amide bonds. The molecule has 0 N–H and O–H groups in total. The molecule has 1 aromatic heterocycles. The number of ether oxygens (including phenoxy) is 1. The summed E-state index contributed by atoms with van der Waals surface area (Å²) in [4.78, 5) is 21.8. The molecular formula is C30H29N3O2. The van der Waals surface area contributed by atoms with E-state index in [4.69, 9.17) is 9.72 Å². The van der Waals surface area contributed by atoms with Crippen molar-refractivity contribution in [2.75, 3.05) is 31.1 Å². The van der Waals surface area contributed by atoms with E-state index in [1.54, 1.807) is 6.08 Å². The van der Waals surface area contributed by atoms with Crippen LogP contribution in [-0.4, -0.2) is 42.0 Å². The Bertz CT molecular complexity index is 1330. The van der Waals surface area contributed by atoms with Crippen molar-refractivity contribution in [2.24, 2.45) is 0 Å². The molecule has 0 saturated carbocycles. The van der Waals surface area contributed by atoms with Crippen LogP contribution in [0.3, 0.4) is 0 Å². The summed E-state index contributed by atoms with van der Waals surface area (Å²) in [6.45, 7) is 5.58. The Labute approximate surface area is 206 Å². The number of carbonyl (C=O) groups is 1. The number of para-hydroxylation sites is 1. The summed E-state index contributed by atoms with van der Waals surface area (Å²) in [5.74, 6) is 1.83. The highest BCUT2D eigenvalue weighted by atomic mass is 16.5. The van der Waals surface area contributed by atoms with E-state index in [2.05, 4.69) is 30.0 Å². The number of aryl methyl sites for hydroxylation is 1. The minimum Gasteiger partial charge on any atom is -0.489 e. The number of amides is 1. The van der Waals surface area contributed by atoms with E-state index < -0.39 is 0 Å². The molecule has 0 aliphatic carbocycles. The van der Waals surface area contributed by atoms with Gasteiger partial charge in [-0.25, -0.2) is 4.98 Å². The van der Waals surface area contributed by atoms with Gasteiger partial charge in [0, 0.05) is 37.6 Å². The predicted molar refractivity (Wildman–Crippen MR) is 142 cm³/mol. The van der Waals surface area contributed by atoms with Gasteiger partial charge in [0.2, 0.25) is 5.91 Å². The maximum absolute atomic E-state index is 12.8. The highest BCUT2D eigenvalue weighted by molar-refractivity contribution is 5.92. The summed E-state index contributed by atoms with van der Waals surface area (Å²) in [5.41, 5.74) is 4.34. The number of aromatic nitrogens is 1. The van der Waals surface area contributed by atoms with Crippen molar-refractivity contribution in [2.45, 2.75) is 13.5 Å². The van der Waals surface area contributed by atoms with Crippen molar-refractivity contribution >= 4 is 28.7 Å². The quantitative estimate of drug-likeness (QED) is 0.355. The van der Waals surface area contributed by atoms with E-state index in [1.807, 2.05) is 77.7 Å². The Balaban J connectivity index is 1.14. The second kappa shape index (κ2) is 10.4. The first-order valence-corrected chi connectivity index (χ1v) is 12.0. The van der Waals surface area contributed by atoms with Crippen molar-refractivity contribution in [3.8, 4) is 5.75 Å². The molecular weight excluding hydrogens is 434 g/mol. The van der Waals surface area contributed by atoms with Gasteiger partial charge in [0.25, 0.3) is 0 Å². The first-order valence-electron chi connectivity index (χ1n) is 12.0. The number of rotatable bonds is 6. The molecule has 1 aliphatic heterocycles. The van der Waals surface area contributed by atoms with Gasteiger partial charge >= 0.3 is 0 Å². The predicted octanol–water partition coefficient (Wildman–Crippen LogP) is 5.48. The summed E-state index contributed by atoms with van der Waals surface area (Å²) in [6, 6.07) is 28.3. The van der Waals surface area contributed by atoms with Gasteiger partial charge < -0.3 is 14.5 Å². The van der Waals surface area contributed by atoms with Crippen LogP contribution in [0.2, 0.25) is 0 Å². The molecule has 0 spiro atoms. The first-order chi connectivity index (χ1) is 17.2. The molecule has 0 atom stereocenters. The normalized spacial score (nSPS) is 14.0. The lowest BCUT2D eigenvalue weighted by Gasteiger charge is -2.35. The fourth-order valence-corrected chi connectivity index (χ4v) is 4.34. The van der Waals surface area contributed by atoms with Crippen LogP contribution in [0.15, 0.2) is 91.0 Å². The van der Waals surface area contributed by atoms with Crippen LogP contribution >= 0.6 is 0 Å². The van der Waals surface area contributed by atoms with E-state index in [9.17, 15) is 4.79 Å². The molecule has 2 heterocycles. The van der Waals surface area contributed by atoms with Gasteiger partial charge in [-0.1, -0.05) is 60.7 Å². The van der Waals surface area contributed by atoms with Crippen molar-refractivity contribution in [3.63, 3.8) is 0 Å². The molecule has 0 radical (unpaired) electrons. The van der Waals surface area contributed by atoms with E-state index >= 15 is 0 Å². The summed E-state index contributed by atoms with van der Waals surface area (Å²) in [6.07, 6.45) is 3.53. The molecule has 5 rings (SSSR count). The number of hydrogen-bond acceptors (Lipinski definition) is 4. The molecule has 35 heavy (non-hydrogen) atoms. The third kappa shape index (κ3) is 5.52. The Morgan fingerprint density at radius 2 is 1.63 bits per heavy atom. The van der Waals surface area contributed by atoms with Gasteiger partial charge in [0.15, 0.2) is 0 Å². The number of hydrogen-bond donors (Lipinski definition) is 0. The molecule has 4 aromatic rings. The third-order valence-corrected chi connectivity index (χ3v) is 6.37. The number of piperazine rings is 1. The second-order valence-corrected chi connectivity index (χ2v) is 8.80. The van der Waals surface area contributed by atoms with Crippen LogP contribution in [0.1, 0.15) is 16.7 Å². The molecule has 3 aromatic carbocycles. The lowest BCUT2D eigenvalue weighted by Crippen LogP contribution is -2.48. The zero-order chi connectivity index (χ0) is 24.0. The van der Waals surface area contributed by atoms with Crippen molar-refractivity contribution in [1.82, 2.24) is 9.88 Å². The van der Waals surface area contributed by atoms with Crippen LogP contribution in [-0.2, 0) is 11.4 Å². The Morgan fingerprint density at radius 1 is 0.914 bits per heavy atom. The Morgan fingerprint density at radius 3 is 2.40 bits per heavy atom. The van der Waals surface area contributed by atoms with Crippen molar-refractivity contribution in [1.29, 1.82) is 0 Å². The maximum atomic E-state index is 12.8. The van der Waals surface area contributed by atoms with Gasteiger partial charge in [-0.2, -0.15) is 0 Å². The van der Waals surface area contributed by atoms with Crippen molar-refractivity contribution in [3.05, 3.63) is 108 Å². The zero-order valence-corrected chi connectivity index (χ0v) is 19.9. The van der Waals surface area contributed by atoms with E-state index in [0.29, 0.717) is 19.7 Å². The SMILES string of the molecule is Cc1cc(N2CCN(C(=O)/C=C/c3ccc(OCc4ccccc4)cc3)CC2)nc2ccccc12. The fourth-order valence-electron chi connectivity index (χ4n) is 4.34. The molecule has 0 bridgehead atoms. The highest BCUT2D eigenvalue weighted by Gasteiger charge is 2.21. The van der Waals surface area contributed by atoms with Crippen LogP contribution < -0.4 is 9.64 Å². The molecule has 1 saturated heterocycles. The zero-order valence-electron chi connectivity index (χ0n) is 19.9. The minimum absolute atomic E-state index is 0.0386. The summed E-state index contributed by atoms with van der Waals surface area (Å²) in [5, 5.41) is 1.19. The number of benzene rings is 3. The Kier molecular flexibility index (Phi) is 6.75. The molecule has 1 fully saturated rings. The Hall–Kier alpha value is -4.12. The highest BCUT2D eigenvalue weighted by Crippen LogP contribution is 2.23. The minimum atomic E-state index is 0.0386. The summed E-state index contributed by atoms with van der Waals surface area (Å²) in [7, 11) is 0. The first kappa shape index (κ1) is 22.7. The molecule has 176 valence electrons. The number of pyridine rings is 1. The van der Waals surface area contributed by atoms with Gasteiger partial charge in [-0.15, -0.1) is 0 Å². The monoisotopic (exact) mass is 463 g/mol. The standard InChI is InChI=1S/C30H29N3O2/c1-23-21-29(31-28-10-6-5-9-27(23)28)32-17-19-33(20-18-32)30(34)16-13-24-11-14-26(15-12-24)35-22-25-7-3-2-4-8-25/h2-16,21H,17-20,22H2,1H3/b16-13+. The topological polar surface area (TPSA) is 45.7 Å². The number of fused-ring (bicyclic) bond motifs is 1. The van der Waals surface area contributed by atoms with Crippen LogP contribution in [0.5, 0.6) is 5.75 Å². The largest absolute Gasteiger partial charge is 0.489 e. The van der Waals surface area contributed by atoms with Gasteiger partial charge in [0.1, 0.15) is 18.2 Å². The average molecular weight is 464 g/mol. The fraction of sp³-hybridized carbons (Fsp3) is 0.200. The van der Waals surface area contributed by atoms with Crippen molar-refractivity contribution < 1.29 is 9.53 Å². The van der Waals surface area contributed by atoms with E-state index in [-0.39, 0.29) is 5.91 Å². The van der Waals surface area contributed by atoms with Gasteiger partial charge in [-0.05, 0) is 54.0 Å². The molecule has 5 heteroatoms. The number of anilines is 1. The van der Waals surface area contributed by atoms with E-state index in [1.165, 1.54) is 10.9 Å². The second-order valence-electron chi connectivity index (χ2n) is 8.80. The average Bonchev–Trinajstić information content (AvgIpc) is 2.92. The molecule has 1 aliphatic rings. The summed E-state index contributed by atoms with van der Waals surface area (Å²) >= 11 is 0. The molecule has 5 nitrogen and oxygen atoms in total. The van der Waals surface area contributed by atoms with Crippen LogP contribution in [0.25, 0.3) is 17.0 Å². The lowest BCUT2D eigenvalue weighted by molar-refractivity contribution is -0.126. The third-order valence-electron chi connectivity index (χ3n) is 6.37. The van der Waals surface area contributed by atoms with E-state index in [0.717, 1.165) is 41.3 Å². The number of carbonyl (C=O) groups excluding carboxylic acids is 1. The van der Waals surface area contributed by atoms with Crippen LogP contribution in [0, 0.1) is 6.92 Å². The number of nitrogens with zero attached hydrogens (tertiary/aromatic N) is 3. The van der Waals surface area contributed by atoms with Gasteiger partial charge in [-0.3, -0.25) is 4.79 Å². The summed E-state index contributed by atoms with van der Waals surface area (Å²) < 4.78 is 5.84. The smallest absolute Gasteiger partial charge is 0.246 e. The molecule has 0 unspecified atom stereocenters. The van der Waals surface area contributed by atoms with Crippen LogP contribution in [0.4, 0.5) is 5.82 Å². The van der Waals surface area contributed by atoms with Gasteiger partial charge in [0.05, 0.1) is 5.52 Å².